The van der Waals surface area contributed by atoms with E-state index in [1.165, 1.54) is 0 Å². The van der Waals surface area contributed by atoms with Crippen molar-refractivity contribution in [2.45, 2.75) is 32.7 Å². The monoisotopic (exact) mass is 200 g/mol. The van der Waals surface area contributed by atoms with Crippen molar-refractivity contribution in [3.63, 3.8) is 0 Å². The number of nitrogens with one attached hydrogen (secondary N) is 2. The van der Waals surface area contributed by atoms with Gasteiger partial charge < -0.3 is 15.7 Å². The van der Waals surface area contributed by atoms with E-state index in [2.05, 4.69) is 24.5 Å². The normalized spacial score (nSPS) is 20.8. The zero-order valence-corrected chi connectivity index (χ0v) is 8.92. The summed E-state index contributed by atoms with van der Waals surface area (Å²) in [5, 5.41) is 14.7. The first kappa shape index (κ1) is 11.3. The van der Waals surface area contributed by atoms with Crippen molar-refractivity contribution in [3.05, 3.63) is 0 Å². The molecule has 0 saturated carbocycles. The van der Waals surface area contributed by atoms with E-state index >= 15 is 0 Å². The van der Waals surface area contributed by atoms with Crippen LogP contribution in [0.3, 0.4) is 0 Å². The quantitative estimate of drug-likeness (QED) is 0.643. The van der Waals surface area contributed by atoms with E-state index in [1.54, 1.807) is 0 Å². The van der Waals surface area contributed by atoms with E-state index in [0.29, 0.717) is 11.8 Å². The van der Waals surface area contributed by atoms with E-state index in [4.69, 9.17) is 5.11 Å². The van der Waals surface area contributed by atoms with E-state index in [-0.39, 0.29) is 6.04 Å². The Morgan fingerprint density at radius 3 is 2.43 bits per heavy atom. The van der Waals surface area contributed by atoms with Crippen molar-refractivity contribution in [1.82, 2.24) is 10.6 Å². The van der Waals surface area contributed by atoms with Gasteiger partial charge in [-0.15, -0.1) is 0 Å². The summed E-state index contributed by atoms with van der Waals surface area (Å²) in [6, 6.07) is 0.106. The predicted octanol–water partition coefficient (Wildman–Crippen LogP) is 1.28. The van der Waals surface area contributed by atoms with Gasteiger partial charge in [-0.2, -0.15) is 0 Å². The van der Waals surface area contributed by atoms with E-state index < -0.39 is 6.09 Å². The fourth-order valence-electron chi connectivity index (χ4n) is 2.17. The van der Waals surface area contributed by atoms with Crippen LogP contribution in [0, 0.1) is 11.8 Å². The number of carboxylic acid groups (broad SMARTS) is 1. The molecule has 1 aliphatic heterocycles. The van der Waals surface area contributed by atoms with Crippen LogP contribution < -0.4 is 10.6 Å². The number of carbonyl (C=O) groups is 1. The second-order valence-corrected chi connectivity index (χ2v) is 4.31. The smallest absolute Gasteiger partial charge is 0.404 e. The fraction of sp³-hybridized carbons (Fsp3) is 0.900. The van der Waals surface area contributed by atoms with Crippen LogP contribution in [0.25, 0.3) is 0 Å². The molecular weight excluding hydrogens is 180 g/mol. The number of hydrogen-bond donors (Lipinski definition) is 3. The summed E-state index contributed by atoms with van der Waals surface area (Å²) < 4.78 is 0. The highest BCUT2D eigenvalue weighted by molar-refractivity contribution is 5.64. The molecule has 1 rings (SSSR count). The zero-order valence-electron chi connectivity index (χ0n) is 8.92. The third-order valence-corrected chi connectivity index (χ3v) is 2.90. The first-order valence-electron chi connectivity index (χ1n) is 5.31. The van der Waals surface area contributed by atoms with Gasteiger partial charge in [0.25, 0.3) is 0 Å². The van der Waals surface area contributed by atoms with Gasteiger partial charge in [0, 0.05) is 6.04 Å². The number of piperidine rings is 1. The van der Waals surface area contributed by atoms with Crippen molar-refractivity contribution >= 4 is 6.09 Å². The minimum atomic E-state index is -0.901. The molecule has 14 heavy (non-hydrogen) atoms. The lowest BCUT2D eigenvalue weighted by molar-refractivity contribution is 0.168. The molecule has 82 valence electrons. The Hall–Kier alpha value is -0.770. The van der Waals surface area contributed by atoms with Crippen LogP contribution in [0.4, 0.5) is 4.79 Å². The third kappa shape index (κ3) is 3.18. The number of rotatable bonds is 3. The molecule has 1 fully saturated rings. The molecule has 1 saturated heterocycles. The molecule has 0 bridgehead atoms. The molecule has 0 aromatic rings. The molecule has 3 N–H and O–H groups in total. The standard InChI is InChI=1S/C10H20N2O2/c1-7(2)9(12-10(13)14)8-3-5-11-6-4-8/h7-9,11-12H,3-6H2,1-2H3,(H,13,14). The molecule has 4 heteroatoms. The molecule has 1 unspecified atom stereocenters. The van der Waals surface area contributed by atoms with Gasteiger partial charge in [0.05, 0.1) is 0 Å². The van der Waals surface area contributed by atoms with Gasteiger partial charge in [-0.05, 0) is 37.8 Å². The second-order valence-electron chi connectivity index (χ2n) is 4.31. The molecule has 4 nitrogen and oxygen atoms in total. The summed E-state index contributed by atoms with van der Waals surface area (Å²) >= 11 is 0. The molecule has 1 amide bonds. The number of hydrogen-bond acceptors (Lipinski definition) is 2. The molecule has 1 aliphatic rings. The zero-order chi connectivity index (χ0) is 10.6. The van der Waals surface area contributed by atoms with Crippen LogP contribution in [0.2, 0.25) is 0 Å². The molecule has 1 atom stereocenters. The highest BCUT2D eigenvalue weighted by Gasteiger charge is 2.27. The van der Waals surface area contributed by atoms with Gasteiger partial charge in [-0.25, -0.2) is 4.79 Å². The Morgan fingerprint density at radius 2 is 2.00 bits per heavy atom. The summed E-state index contributed by atoms with van der Waals surface area (Å²) in [6.45, 7) is 6.16. The van der Waals surface area contributed by atoms with Crippen molar-refractivity contribution in [3.8, 4) is 0 Å². The highest BCUT2D eigenvalue weighted by Crippen LogP contribution is 2.21. The van der Waals surface area contributed by atoms with Gasteiger partial charge in [0.2, 0.25) is 0 Å². The van der Waals surface area contributed by atoms with Gasteiger partial charge in [-0.1, -0.05) is 13.8 Å². The maximum atomic E-state index is 10.6. The average Bonchev–Trinajstić information content (AvgIpc) is 2.15. The summed E-state index contributed by atoms with van der Waals surface area (Å²) in [5.41, 5.74) is 0. The predicted molar refractivity (Wildman–Crippen MR) is 55.4 cm³/mol. The van der Waals surface area contributed by atoms with Crippen molar-refractivity contribution in [2.24, 2.45) is 11.8 Å². The van der Waals surface area contributed by atoms with Gasteiger partial charge in [0.15, 0.2) is 0 Å². The molecule has 0 radical (unpaired) electrons. The minimum Gasteiger partial charge on any atom is -0.465 e. The maximum Gasteiger partial charge on any atom is 0.404 e. The summed E-state index contributed by atoms with van der Waals surface area (Å²) in [4.78, 5) is 10.6. The van der Waals surface area contributed by atoms with Crippen LogP contribution in [0.15, 0.2) is 0 Å². The molecule has 0 aliphatic carbocycles. The lowest BCUT2D eigenvalue weighted by Gasteiger charge is -2.33. The van der Waals surface area contributed by atoms with Gasteiger partial charge in [-0.3, -0.25) is 0 Å². The van der Waals surface area contributed by atoms with E-state index in [0.717, 1.165) is 25.9 Å². The SMILES string of the molecule is CC(C)C(NC(=O)O)C1CCNCC1. The molecule has 0 spiro atoms. The average molecular weight is 200 g/mol. The Bertz CT molecular complexity index is 189. The van der Waals surface area contributed by atoms with Gasteiger partial charge in [0.1, 0.15) is 0 Å². The van der Waals surface area contributed by atoms with E-state index in [9.17, 15) is 4.79 Å². The Kier molecular flexibility index (Phi) is 4.20. The maximum absolute atomic E-state index is 10.6. The summed E-state index contributed by atoms with van der Waals surface area (Å²) in [7, 11) is 0. The molecule has 1 heterocycles. The highest BCUT2D eigenvalue weighted by atomic mass is 16.4. The molecule has 0 aromatic heterocycles. The second kappa shape index (κ2) is 5.20. The van der Waals surface area contributed by atoms with Crippen LogP contribution in [-0.4, -0.2) is 30.3 Å². The van der Waals surface area contributed by atoms with Crippen molar-refractivity contribution in [1.29, 1.82) is 0 Å². The Morgan fingerprint density at radius 1 is 1.43 bits per heavy atom. The molecular formula is C10H20N2O2. The third-order valence-electron chi connectivity index (χ3n) is 2.90. The Labute approximate surface area is 85.1 Å². The van der Waals surface area contributed by atoms with Crippen LogP contribution in [-0.2, 0) is 0 Å². The summed E-state index contributed by atoms with van der Waals surface area (Å²) in [5.74, 6) is 0.863. The first-order chi connectivity index (χ1) is 6.61. The van der Waals surface area contributed by atoms with Crippen molar-refractivity contribution in [2.75, 3.05) is 13.1 Å². The Balaban J connectivity index is 2.51. The lowest BCUT2D eigenvalue weighted by Crippen LogP contribution is -2.46. The van der Waals surface area contributed by atoms with Crippen LogP contribution >= 0.6 is 0 Å². The topological polar surface area (TPSA) is 61.4 Å². The van der Waals surface area contributed by atoms with Crippen LogP contribution in [0.5, 0.6) is 0 Å². The first-order valence-corrected chi connectivity index (χ1v) is 5.31. The number of amides is 1. The van der Waals surface area contributed by atoms with Gasteiger partial charge >= 0.3 is 6.09 Å². The summed E-state index contributed by atoms with van der Waals surface area (Å²) in [6.07, 6.45) is 1.24. The lowest BCUT2D eigenvalue weighted by atomic mass is 9.84. The van der Waals surface area contributed by atoms with Crippen LogP contribution in [0.1, 0.15) is 26.7 Å². The molecule has 0 aromatic carbocycles. The minimum absolute atomic E-state index is 0.106. The fourth-order valence-corrected chi connectivity index (χ4v) is 2.17. The van der Waals surface area contributed by atoms with E-state index in [1.807, 2.05) is 0 Å². The van der Waals surface area contributed by atoms with Crippen molar-refractivity contribution < 1.29 is 9.90 Å². The largest absolute Gasteiger partial charge is 0.465 e.